The molecule has 1 saturated heterocycles. The molecule has 1 unspecified atom stereocenters. The van der Waals surface area contributed by atoms with Crippen LogP contribution < -0.4 is 0 Å². The van der Waals surface area contributed by atoms with Crippen LogP contribution in [0.1, 0.15) is 62.8 Å². The number of ether oxygens (including phenoxy) is 1. The highest BCUT2D eigenvalue weighted by Gasteiger charge is 2.29. The molecule has 1 aliphatic heterocycles. The van der Waals surface area contributed by atoms with Crippen LogP contribution in [-0.4, -0.2) is 40.5 Å². The van der Waals surface area contributed by atoms with Gasteiger partial charge in [0.05, 0.1) is 12.3 Å². The van der Waals surface area contributed by atoms with Gasteiger partial charge in [0.15, 0.2) is 0 Å². The maximum Gasteiger partial charge on any atom is 0.0576 e. The van der Waals surface area contributed by atoms with Gasteiger partial charge in [-0.25, -0.2) is 0 Å². The summed E-state index contributed by atoms with van der Waals surface area (Å²) in [6, 6.07) is 4.41. The minimum Gasteiger partial charge on any atom is -0.378 e. The lowest BCUT2D eigenvalue weighted by molar-refractivity contribution is 0.0821. The molecule has 2 aromatic heterocycles. The van der Waals surface area contributed by atoms with E-state index in [1.54, 1.807) is 0 Å². The second-order valence-electron chi connectivity index (χ2n) is 8.26. The van der Waals surface area contributed by atoms with Crippen LogP contribution in [0.5, 0.6) is 0 Å². The lowest BCUT2D eigenvalue weighted by Crippen LogP contribution is -2.42. The molecular weight excluding hydrogens is 354 g/mol. The highest BCUT2D eigenvalue weighted by Crippen LogP contribution is 2.29. The van der Waals surface area contributed by atoms with E-state index in [1.807, 2.05) is 29.3 Å². The Bertz CT molecular complexity index is 659. The van der Waals surface area contributed by atoms with Gasteiger partial charge in [-0.15, -0.1) is 11.3 Å². The fourth-order valence-corrected chi connectivity index (χ4v) is 4.78. The quantitative estimate of drug-likeness (QED) is 0.507. The average Bonchev–Trinajstić information content (AvgIpc) is 3.39. The highest BCUT2D eigenvalue weighted by molar-refractivity contribution is 7.09. The van der Waals surface area contributed by atoms with Gasteiger partial charge in [0.25, 0.3) is 0 Å². The molecule has 1 fully saturated rings. The molecule has 0 saturated carbocycles. The Morgan fingerprint density at radius 3 is 2.81 bits per heavy atom. The van der Waals surface area contributed by atoms with E-state index in [0.29, 0.717) is 6.10 Å². The van der Waals surface area contributed by atoms with Crippen molar-refractivity contribution in [1.82, 2.24) is 14.7 Å². The highest BCUT2D eigenvalue weighted by atomic mass is 32.1. The summed E-state index contributed by atoms with van der Waals surface area (Å²) in [4.78, 5) is 4.17. The smallest absolute Gasteiger partial charge is 0.0576 e. The molecule has 0 aliphatic carbocycles. The minimum atomic E-state index is 0.00766. The Kier molecular flexibility index (Phi) is 7.50. The lowest BCUT2D eigenvalue weighted by Gasteiger charge is -2.38. The lowest BCUT2D eigenvalue weighted by atomic mass is 9.94. The predicted octanol–water partition coefficient (Wildman–Crippen LogP) is 5.00. The van der Waals surface area contributed by atoms with E-state index in [-0.39, 0.29) is 5.54 Å². The maximum absolute atomic E-state index is 5.82. The number of aromatic nitrogens is 2. The van der Waals surface area contributed by atoms with Crippen molar-refractivity contribution in [2.45, 2.75) is 70.4 Å². The molecule has 0 radical (unpaired) electrons. The summed E-state index contributed by atoms with van der Waals surface area (Å²) in [5.41, 5.74) is 1.31. The molecule has 150 valence electrons. The summed E-state index contributed by atoms with van der Waals surface area (Å²) >= 11 is 1.88. The van der Waals surface area contributed by atoms with Crippen LogP contribution in [0.3, 0.4) is 0 Å². The third kappa shape index (κ3) is 5.90. The van der Waals surface area contributed by atoms with Crippen molar-refractivity contribution in [2.75, 3.05) is 19.7 Å². The first-order valence-electron chi connectivity index (χ1n) is 10.4. The van der Waals surface area contributed by atoms with Gasteiger partial charge in [-0.05, 0) is 83.3 Å². The van der Waals surface area contributed by atoms with E-state index in [0.717, 1.165) is 19.7 Å². The van der Waals surface area contributed by atoms with Gasteiger partial charge >= 0.3 is 0 Å². The molecule has 3 rings (SSSR count). The third-order valence-corrected chi connectivity index (χ3v) is 6.80. The second kappa shape index (κ2) is 9.85. The van der Waals surface area contributed by atoms with Crippen LogP contribution in [0.4, 0.5) is 0 Å². The summed E-state index contributed by atoms with van der Waals surface area (Å²) in [7, 11) is 2.00. The number of thiophene rings is 1. The van der Waals surface area contributed by atoms with Gasteiger partial charge in [0.1, 0.15) is 0 Å². The summed E-state index contributed by atoms with van der Waals surface area (Å²) in [6.45, 7) is 7.91. The molecule has 3 heterocycles. The van der Waals surface area contributed by atoms with Gasteiger partial charge in [0, 0.05) is 35.8 Å². The van der Waals surface area contributed by atoms with Gasteiger partial charge in [-0.2, -0.15) is 5.10 Å². The summed E-state index contributed by atoms with van der Waals surface area (Å²) < 4.78 is 7.73. The van der Waals surface area contributed by atoms with E-state index in [1.165, 1.54) is 55.4 Å². The molecule has 5 heteroatoms. The number of rotatable bonds is 11. The molecular formula is C22H35N3OS. The predicted molar refractivity (Wildman–Crippen MR) is 113 cm³/mol. The van der Waals surface area contributed by atoms with E-state index < -0.39 is 0 Å². The Morgan fingerprint density at radius 1 is 1.30 bits per heavy atom. The Labute approximate surface area is 168 Å². The number of hydrogen-bond donors (Lipinski definition) is 0. The van der Waals surface area contributed by atoms with Crippen LogP contribution >= 0.6 is 11.3 Å². The molecule has 0 N–H and O–H groups in total. The third-order valence-electron chi connectivity index (χ3n) is 5.86. The first-order valence-corrected chi connectivity index (χ1v) is 11.3. The van der Waals surface area contributed by atoms with E-state index in [9.17, 15) is 0 Å². The molecule has 4 nitrogen and oxygen atoms in total. The summed E-state index contributed by atoms with van der Waals surface area (Å²) in [6.07, 6.45) is 13.3. The van der Waals surface area contributed by atoms with Crippen molar-refractivity contribution in [1.29, 1.82) is 0 Å². The van der Waals surface area contributed by atoms with Crippen molar-refractivity contribution in [3.63, 3.8) is 0 Å². The van der Waals surface area contributed by atoms with E-state index >= 15 is 0 Å². The normalized spacial score (nSPS) is 17.9. The zero-order chi connectivity index (χ0) is 19.1. The summed E-state index contributed by atoms with van der Waals surface area (Å²) in [5.74, 6) is 0. The SMILES string of the molecule is Cn1cc(C(C)(C)N(CCCCc2cccs2)CCCC2CCCO2)cn1. The van der Waals surface area contributed by atoms with Gasteiger partial charge < -0.3 is 4.74 Å². The maximum atomic E-state index is 5.82. The number of unbranched alkanes of at least 4 members (excludes halogenated alkanes) is 1. The Morgan fingerprint density at radius 2 is 2.15 bits per heavy atom. The van der Waals surface area contributed by atoms with Crippen LogP contribution in [-0.2, 0) is 23.7 Å². The first-order chi connectivity index (χ1) is 13.1. The Balaban J connectivity index is 1.54. The molecule has 0 aromatic carbocycles. The second-order valence-corrected chi connectivity index (χ2v) is 9.29. The van der Waals surface area contributed by atoms with Crippen molar-refractivity contribution >= 4 is 11.3 Å². The van der Waals surface area contributed by atoms with E-state index in [2.05, 4.69) is 47.6 Å². The molecule has 0 spiro atoms. The monoisotopic (exact) mass is 389 g/mol. The molecule has 2 aromatic rings. The van der Waals surface area contributed by atoms with Crippen molar-refractivity contribution in [3.8, 4) is 0 Å². The zero-order valence-corrected chi connectivity index (χ0v) is 18.0. The molecule has 0 bridgehead atoms. The standard InChI is InChI=1S/C22H35N3OS/c1-22(2,19-17-23-24(3)18-19)25(14-6-9-20-10-7-15-26-20)13-5-4-11-21-12-8-16-27-21/h8,12,16-18,20H,4-7,9-11,13-15H2,1-3H3. The number of nitrogens with zero attached hydrogens (tertiary/aromatic N) is 3. The fraction of sp³-hybridized carbons (Fsp3) is 0.682. The molecule has 1 atom stereocenters. The molecule has 27 heavy (non-hydrogen) atoms. The average molecular weight is 390 g/mol. The van der Waals surface area contributed by atoms with Gasteiger partial charge in [-0.1, -0.05) is 6.07 Å². The largest absolute Gasteiger partial charge is 0.378 e. The minimum absolute atomic E-state index is 0.00766. The van der Waals surface area contributed by atoms with Crippen LogP contribution in [0, 0.1) is 0 Å². The van der Waals surface area contributed by atoms with Crippen molar-refractivity contribution in [3.05, 3.63) is 40.3 Å². The topological polar surface area (TPSA) is 30.3 Å². The van der Waals surface area contributed by atoms with Gasteiger partial charge in [-0.3, -0.25) is 9.58 Å². The van der Waals surface area contributed by atoms with Crippen molar-refractivity contribution < 1.29 is 4.74 Å². The van der Waals surface area contributed by atoms with Gasteiger partial charge in [0.2, 0.25) is 0 Å². The first kappa shape index (κ1) is 20.6. The van der Waals surface area contributed by atoms with Crippen LogP contribution in [0.25, 0.3) is 0 Å². The summed E-state index contributed by atoms with van der Waals surface area (Å²) in [5, 5.41) is 6.59. The zero-order valence-electron chi connectivity index (χ0n) is 17.2. The molecule has 0 amide bonds. The van der Waals surface area contributed by atoms with E-state index in [4.69, 9.17) is 4.74 Å². The number of aryl methyl sites for hydroxylation is 2. The Hall–Kier alpha value is -1.17. The fourth-order valence-electron chi connectivity index (χ4n) is 4.03. The van der Waals surface area contributed by atoms with Crippen LogP contribution in [0.2, 0.25) is 0 Å². The molecule has 1 aliphatic rings. The van der Waals surface area contributed by atoms with Crippen LogP contribution in [0.15, 0.2) is 29.9 Å². The van der Waals surface area contributed by atoms with Crippen molar-refractivity contribution in [2.24, 2.45) is 7.05 Å². The number of hydrogen-bond acceptors (Lipinski definition) is 4.